The molecule has 0 fully saturated rings. The van der Waals surface area contributed by atoms with Crippen LogP contribution >= 0.6 is 39.9 Å². The van der Waals surface area contributed by atoms with Crippen LogP contribution in [0.15, 0.2) is 52.1 Å². The fourth-order valence-corrected chi connectivity index (χ4v) is 2.37. The number of ether oxygens (including phenoxy) is 1. The van der Waals surface area contributed by atoms with Crippen LogP contribution in [-0.4, -0.2) is 25.1 Å². The molecule has 2 aromatic rings. The van der Waals surface area contributed by atoms with Gasteiger partial charge in [0.25, 0.3) is 0 Å². The summed E-state index contributed by atoms with van der Waals surface area (Å²) in [5, 5.41) is 6.50. The third-order valence-electron chi connectivity index (χ3n) is 3.08. The molecule has 2 N–H and O–H groups in total. The van der Waals surface area contributed by atoms with Gasteiger partial charge in [0, 0.05) is 29.8 Å². The first-order valence-electron chi connectivity index (χ1n) is 6.89. The second kappa shape index (κ2) is 10.4. The average molecular weight is 491 g/mol. The number of aromatic nitrogens is 1. The number of pyridine rings is 1. The van der Waals surface area contributed by atoms with E-state index < -0.39 is 0 Å². The highest BCUT2D eigenvalue weighted by molar-refractivity contribution is 14.0. The van der Waals surface area contributed by atoms with Crippen molar-refractivity contribution in [2.45, 2.75) is 13.1 Å². The quantitative estimate of drug-likeness (QED) is 0.383. The van der Waals surface area contributed by atoms with Crippen molar-refractivity contribution in [3.63, 3.8) is 0 Å². The lowest BCUT2D eigenvalue weighted by Gasteiger charge is -2.14. The first-order valence-corrected chi connectivity index (χ1v) is 7.69. The van der Waals surface area contributed by atoms with Crippen molar-refractivity contribution in [3.05, 3.63) is 58.3 Å². The molecule has 0 bridgehead atoms. The molecule has 124 valence electrons. The van der Waals surface area contributed by atoms with Gasteiger partial charge in [-0.05, 0) is 30.3 Å². The van der Waals surface area contributed by atoms with Gasteiger partial charge in [-0.2, -0.15) is 0 Å². The van der Waals surface area contributed by atoms with E-state index in [4.69, 9.17) is 4.74 Å². The van der Waals surface area contributed by atoms with Crippen LogP contribution in [0.25, 0.3) is 0 Å². The average Bonchev–Trinajstić information content (AvgIpc) is 2.56. The van der Waals surface area contributed by atoms with Gasteiger partial charge in [0.1, 0.15) is 5.75 Å². The van der Waals surface area contributed by atoms with Gasteiger partial charge < -0.3 is 15.4 Å². The van der Waals surface area contributed by atoms with Gasteiger partial charge in [0.15, 0.2) is 5.96 Å². The summed E-state index contributed by atoms with van der Waals surface area (Å²) in [6.45, 7) is 1.24. The van der Waals surface area contributed by atoms with Gasteiger partial charge in [0.2, 0.25) is 0 Å². The molecule has 0 saturated carbocycles. The standard InChI is InChI=1S/C16H19BrN4O.HI/c1-18-16(21-11-14-5-3-4-8-19-14)20-10-12-9-13(17)6-7-15(12)22-2;/h3-9H,10-11H2,1-2H3,(H2,18,20,21);1H. The predicted molar refractivity (Wildman–Crippen MR) is 107 cm³/mol. The Morgan fingerprint density at radius 3 is 2.65 bits per heavy atom. The number of hydrogen-bond acceptors (Lipinski definition) is 3. The van der Waals surface area contributed by atoms with E-state index in [1.54, 1.807) is 20.4 Å². The molecule has 23 heavy (non-hydrogen) atoms. The minimum absolute atomic E-state index is 0. The third-order valence-corrected chi connectivity index (χ3v) is 3.57. The molecule has 0 aliphatic rings. The lowest BCUT2D eigenvalue weighted by Crippen LogP contribution is -2.36. The topological polar surface area (TPSA) is 58.5 Å². The van der Waals surface area contributed by atoms with Crippen molar-refractivity contribution in [2.75, 3.05) is 14.2 Å². The number of methoxy groups -OCH3 is 1. The van der Waals surface area contributed by atoms with Crippen LogP contribution in [0.5, 0.6) is 5.75 Å². The van der Waals surface area contributed by atoms with Crippen LogP contribution in [0, 0.1) is 0 Å². The molecule has 1 heterocycles. The molecule has 0 aliphatic heterocycles. The summed E-state index contributed by atoms with van der Waals surface area (Å²) in [6, 6.07) is 11.7. The molecule has 1 aromatic carbocycles. The maximum atomic E-state index is 5.36. The summed E-state index contributed by atoms with van der Waals surface area (Å²) >= 11 is 3.47. The van der Waals surface area contributed by atoms with Crippen LogP contribution in [0.2, 0.25) is 0 Å². The van der Waals surface area contributed by atoms with Gasteiger partial charge in [-0.25, -0.2) is 0 Å². The molecule has 5 nitrogen and oxygen atoms in total. The van der Waals surface area contributed by atoms with Crippen molar-refractivity contribution in [2.24, 2.45) is 4.99 Å². The minimum atomic E-state index is 0. The number of nitrogens with zero attached hydrogens (tertiary/aromatic N) is 2. The SMILES string of the molecule is CN=C(NCc1ccccn1)NCc1cc(Br)ccc1OC.I. The zero-order valence-electron chi connectivity index (χ0n) is 13.0. The lowest BCUT2D eigenvalue weighted by atomic mass is 10.2. The van der Waals surface area contributed by atoms with Crippen LogP contribution in [0.4, 0.5) is 0 Å². The number of guanidine groups is 1. The van der Waals surface area contributed by atoms with Crippen LogP contribution < -0.4 is 15.4 Å². The Morgan fingerprint density at radius 1 is 1.22 bits per heavy atom. The van der Waals surface area contributed by atoms with Crippen molar-refractivity contribution in [1.82, 2.24) is 15.6 Å². The van der Waals surface area contributed by atoms with E-state index in [9.17, 15) is 0 Å². The van der Waals surface area contributed by atoms with E-state index in [1.165, 1.54) is 0 Å². The van der Waals surface area contributed by atoms with Crippen molar-refractivity contribution >= 4 is 45.9 Å². The van der Waals surface area contributed by atoms with Gasteiger partial charge in [-0.15, -0.1) is 24.0 Å². The maximum absolute atomic E-state index is 5.36. The molecule has 2 rings (SSSR count). The van der Waals surface area contributed by atoms with Crippen LogP contribution in [0.3, 0.4) is 0 Å². The highest BCUT2D eigenvalue weighted by atomic mass is 127. The highest BCUT2D eigenvalue weighted by Gasteiger charge is 2.05. The Kier molecular flexibility index (Phi) is 8.93. The zero-order valence-corrected chi connectivity index (χ0v) is 17.0. The Hall–Kier alpha value is -1.35. The number of aliphatic imine (C=N–C) groups is 1. The molecular weight excluding hydrogens is 471 g/mol. The van der Waals surface area contributed by atoms with Crippen molar-refractivity contribution in [3.8, 4) is 5.75 Å². The Bertz CT molecular complexity index is 637. The minimum Gasteiger partial charge on any atom is -0.496 e. The number of hydrogen-bond donors (Lipinski definition) is 2. The third kappa shape index (κ3) is 6.34. The van der Waals surface area contributed by atoms with Gasteiger partial charge in [-0.1, -0.05) is 22.0 Å². The first kappa shape index (κ1) is 19.7. The number of rotatable bonds is 5. The second-order valence-electron chi connectivity index (χ2n) is 4.56. The van der Waals surface area contributed by atoms with Gasteiger partial charge >= 0.3 is 0 Å². The molecule has 0 atom stereocenters. The molecular formula is C16H20BrIN4O. The molecule has 0 spiro atoms. The van der Waals surface area contributed by atoms with Crippen molar-refractivity contribution in [1.29, 1.82) is 0 Å². The van der Waals surface area contributed by atoms with E-state index >= 15 is 0 Å². The molecule has 7 heteroatoms. The smallest absolute Gasteiger partial charge is 0.191 e. The van der Waals surface area contributed by atoms with Gasteiger partial charge in [0.05, 0.1) is 19.3 Å². The lowest BCUT2D eigenvalue weighted by molar-refractivity contribution is 0.409. The van der Waals surface area contributed by atoms with E-state index in [-0.39, 0.29) is 24.0 Å². The largest absolute Gasteiger partial charge is 0.496 e. The highest BCUT2D eigenvalue weighted by Crippen LogP contribution is 2.22. The Labute approximate surface area is 162 Å². The monoisotopic (exact) mass is 490 g/mol. The predicted octanol–water partition coefficient (Wildman–Crippen LogP) is 3.34. The van der Waals surface area contributed by atoms with E-state index in [0.717, 1.165) is 21.5 Å². The normalized spacial score (nSPS) is 10.7. The van der Waals surface area contributed by atoms with E-state index in [0.29, 0.717) is 19.0 Å². The number of nitrogens with one attached hydrogen (secondary N) is 2. The number of benzene rings is 1. The maximum Gasteiger partial charge on any atom is 0.191 e. The summed E-state index contributed by atoms with van der Waals surface area (Å²) < 4.78 is 6.38. The summed E-state index contributed by atoms with van der Waals surface area (Å²) in [7, 11) is 3.41. The van der Waals surface area contributed by atoms with Gasteiger partial charge in [-0.3, -0.25) is 9.98 Å². The van der Waals surface area contributed by atoms with Crippen LogP contribution in [0.1, 0.15) is 11.3 Å². The second-order valence-corrected chi connectivity index (χ2v) is 5.47. The molecule has 0 amide bonds. The number of halogens is 2. The summed E-state index contributed by atoms with van der Waals surface area (Å²) in [6.07, 6.45) is 1.78. The Balaban J connectivity index is 0.00000264. The first-order chi connectivity index (χ1) is 10.7. The summed E-state index contributed by atoms with van der Waals surface area (Å²) in [5.74, 6) is 1.56. The summed E-state index contributed by atoms with van der Waals surface area (Å²) in [4.78, 5) is 8.48. The van der Waals surface area contributed by atoms with E-state index in [2.05, 4.69) is 36.5 Å². The fraction of sp³-hybridized carbons (Fsp3) is 0.250. The summed E-state index contributed by atoms with van der Waals surface area (Å²) in [5.41, 5.74) is 2.02. The molecule has 0 radical (unpaired) electrons. The molecule has 1 aromatic heterocycles. The zero-order chi connectivity index (χ0) is 15.8. The molecule has 0 aliphatic carbocycles. The molecule has 0 saturated heterocycles. The molecule has 0 unspecified atom stereocenters. The van der Waals surface area contributed by atoms with Crippen LogP contribution in [-0.2, 0) is 13.1 Å². The van der Waals surface area contributed by atoms with Crippen molar-refractivity contribution < 1.29 is 4.74 Å². The van der Waals surface area contributed by atoms with E-state index in [1.807, 2.05) is 36.4 Å². The Morgan fingerprint density at radius 2 is 2.00 bits per heavy atom. The fourth-order valence-electron chi connectivity index (χ4n) is 1.96.